The van der Waals surface area contributed by atoms with E-state index in [-0.39, 0.29) is 5.69 Å². The largest absolute Gasteiger partial charge is 0.481 e. The van der Waals surface area contributed by atoms with Crippen molar-refractivity contribution in [2.45, 2.75) is 13.8 Å². The molecule has 0 saturated heterocycles. The average molecular weight is 252 g/mol. The van der Waals surface area contributed by atoms with E-state index in [9.17, 15) is 14.0 Å². The van der Waals surface area contributed by atoms with Gasteiger partial charge in [-0.25, -0.2) is 4.39 Å². The Balaban J connectivity index is 2.08. The second-order valence-corrected chi connectivity index (χ2v) is 5.00. The van der Waals surface area contributed by atoms with Gasteiger partial charge in [0.1, 0.15) is 5.82 Å². The number of aliphatic carboxylic acids is 1. The van der Waals surface area contributed by atoms with E-state index in [2.05, 4.69) is 10.3 Å². The minimum atomic E-state index is -0.988. The Hall–Kier alpha value is -1.98. The summed E-state index contributed by atoms with van der Waals surface area (Å²) >= 11 is 0. The zero-order valence-electron chi connectivity index (χ0n) is 9.98. The van der Waals surface area contributed by atoms with Gasteiger partial charge in [0.05, 0.1) is 29.9 Å². The van der Waals surface area contributed by atoms with Gasteiger partial charge in [-0.2, -0.15) is 0 Å². The summed E-state index contributed by atoms with van der Waals surface area (Å²) in [6.07, 6.45) is 2.34. The zero-order valence-corrected chi connectivity index (χ0v) is 9.98. The molecule has 2 unspecified atom stereocenters. The Morgan fingerprint density at radius 1 is 1.39 bits per heavy atom. The predicted molar refractivity (Wildman–Crippen MR) is 61.2 cm³/mol. The molecule has 5 nitrogen and oxygen atoms in total. The molecule has 6 heteroatoms. The highest BCUT2D eigenvalue weighted by Gasteiger charge is 2.65. The first-order valence-electron chi connectivity index (χ1n) is 5.48. The van der Waals surface area contributed by atoms with Crippen molar-refractivity contribution in [1.82, 2.24) is 4.98 Å². The molecule has 1 heterocycles. The maximum absolute atomic E-state index is 12.9. The van der Waals surface area contributed by atoms with Crippen LogP contribution in [0.4, 0.5) is 10.1 Å². The molecule has 0 radical (unpaired) electrons. The van der Waals surface area contributed by atoms with Crippen LogP contribution in [0.2, 0.25) is 0 Å². The number of hydrogen-bond acceptors (Lipinski definition) is 3. The van der Waals surface area contributed by atoms with Crippen molar-refractivity contribution in [3.63, 3.8) is 0 Å². The number of carboxylic acid groups (broad SMARTS) is 1. The number of rotatable bonds is 3. The molecule has 2 N–H and O–H groups in total. The predicted octanol–water partition coefficient (Wildman–Crippen LogP) is 1.52. The molecule has 0 aromatic carbocycles. The van der Waals surface area contributed by atoms with Crippen LogP contribution in [-0.4, -0.2) is 22.0 Å². The molecule has 96 valence electrons. The van der Waals surface area contributed by atoms with Crippen LogP contribution in [0.3, 0.4) is 0 Å². The van der Waals surface area contributed by atoms with Crippen LogP contribution in [0.5, 0.6) is 0 Å². The van der Waals surface area contributed by atoms with E-state index in [0.717, 1.165) is 12.3 Å². The molecule has 2 rings (SSSR count). The molecule has 18 heavy (non-hydrogen) atoms. The first-order chi connectivity index (χ1) is 8.34. The summed E-state index contributed by atoms with van der Waals surface area (Å²) < 4.78 is 12.9. The quantitative estimate of drug-likeness (QED) is 0.854. The molecule has 2 atom stereocenters. The van der Waals surface area contributed by atoms with E-state index in [4.69, 9.17) is 5.11 Å². The Kier molecular flexibility index (Phi) is 2.80. The van der Waals surface area contributed by atoms with Crippen molar-refractivity contribution in [2.24, 2.45) is 17.3 Å². The number of carboxylic acids is 1. The number of carbonyl (C=O) groups is 2. The number of anilines is 1. The van der Waals surface area contributed by atoms with E-state index in [1.54, 1.807) is 13.8 Å². The van der Waals surface area contributed by atoms with E-state index in [1.807, 2.05) is 0 Å². The number of aromatic nitrogens is 1. The lowest BCUT2D eigenvalue weighted by molar-refractivity contribution is -0.140. The van der Waals surface area contributed by atoms with Crippen LogP contribution in [0.25, 0.3) is 0 Å². The summed E-state index contributed by atoms with van der Waals surface area (Å²) in [5.74, 6) is -3.26. The van der Waals surface area contributed by atoms with Crippen LogP contribution in [0.15, 0.2) is 18.5 Å². The standard InChI is InChI=1S/C12H13FN2O3/c1-12(2)8(9(12)11(17)18)10(16)15-7-3-6(13)4-14-5-7/h3-5,8-9H,1-2H3,(H,15,16)(H,17,18). The summed E-state index contributed by atoms with van der Waals surface area (Å²) in [6, 6.07) is 1.13. The number of hydrogen-bond donors (Lipinski definition) is 2. The second kappa shape index (κ2) is 4.04. The zero-order chi connectivity index (χ0) is 13.5. The van der Waals surface area contributed by atoms with Crippen LogP contribution in [0.1, 0.15) is 13.8 Å². The molecule has 1 aliphatic rings. The maximum atomic E-state index is 12.9. The van der Waals surface area contributed by atoms with E-state index < -0.39 is 34.9 Å². The third-order valence-electron chi connectivity index (χ3n) is 3.35. The number of pyridine rings is 1. The van der Waals surface area contributed by atoms with Gasteiger partial charge in [-0.15, -0.1) is 0 Å². The molecule has 1 aromatic heterocycles. The fourth-order valence-electron chi connectivity index (χ4n) is 2.29. The molecular weight excluding hydrogens is 239 g/mol. The topological polar surface area (TPSA) is 79.3 Å². The van der Waals surface area contributed by atoms with Crippen LogP contribution in [0, 0.1) is 23.1 Å². The van der Waals surface area contributed by atoms with E-state index in [1.165, 1.54) is 6.20 Å². The third kappa shape index (κ3) is 2.05. The average Bonchev–Trinajstić information content (AvgIpc) is 2.81. The lowest BCUT2D eigenvalue weighted by Crippen LogP contribution is -2.17. The van der Waals surface area contributed by atoms with Crippen molar-refractivity contribution in [1.29, 1.82) is 0 Å². The van der Waals surface area contributed by atoms with Gasteiger partial charge in [0.2, 0.25) is 5.91 Å². The Labute approximate surface area is 103 Å². The summed E-state index contributed by atoms with van der Waals surface area (Å²) in [5.41, 5.74) is -0.344. The van der Waals surface area contributed by atoms with Crippen molar-refractivity contribution in [3.8, 4) is 0 Å². The smallest absolute Gasteiger partial charge is 0.307 e. The van der Waals surface area contributed by atoms with Crippen LogP contribution < -0.4 is 5.32 Å². The third-order valence-corrected chi connectivity index (χ3v) is 3.35. The molecule has 1 aromatic rings. The van der Waals surface area contributed by atoms with Crippen molar-refractivity contribution < 1.29 is 19.1 Å². The second-order valence-electron chi connectivity index (χ2n) is 5.00. The fraction of sp³-hybridized carbons (Fsp3) is 0.417. The Morgan fingerprint density at radius 2 is 2.06 bits per heavy atom. The molecule has 1 amide bonds. The highest BCUT2D eigenvalue weighted by atomic mass is 19.1. The maximum Gasteiger partial charge on any atom is 0.307 e. The van der Waals surface area contributed by atoms with Gasteiger partial charge in [-0.05, 0) is 5.41 Å². The number of halogens is 1. The molecule has 0 spiro atoms. The van der Waals surface area contributed by atoms with E-state index in [0.29, 0.717) is 0 Å². The lowest BCUT2D eigenvalue weighted by Gasteiger charge is -2.05. The normalized spacial score (nSPS) is 24.4. The van der Waals surface area contributed by atoms with Gasteiger partial charge in [-0.1, -0.05) is 13.8 Å². The number of carbonyl (C=O) groups excluding carboxylic acids is 1. The first kappa shape index (κ1) is 12.5. The molecule has 1 aliphatic carbocycles. The fourth-order valence-corrected chi connectivity index (χ4v) is 2.29. The number of nitrogens with zero attached hydrogens (tertiary/aromatic N) is 1. The van der Waals surface area contributed by atoms with Gasteiger partial charge >= 0.3 is 5.97 Å². The highest BCUT2D eigenvalue weighted by molar-refractivity contribution is 5.99. The highest BCUT2D eigenvalue weighted by Crippen LogP contribution is 2.58. The van der Waals surface area contributed by atoms with Crippen molar-refractivity contribution in [3.05, 3.63) is 24.3 Å². The van der Waals surface area contributed by atoms with Crippen molar-refractivity contribution in [2.75, 3.05) is 5.32 Å². The number of amides is 1. The summed E-state index contributed by atoms with van der Waals surface area (Å²) in [7, 11) is 0. The summed E-state index contributed by atoms with van der Waals surface area (Å²) in [5, 5.41) is 11.4. The number of nitrogens with one attached hydrogen (secondary N) is 1. The minimum absolute atomic E-state index is 0.229. The molecule has 0 aliphatic heterocycles. The Bertz CT molecular complexity index is 516. The van der Waals surface area contributed by atoms with Gasteiger partial charge < -0.3 is 10.4 Å². The van der Waals surface area contributed by atoms with Crippen LogP contribution in [-0.2, 0) is 9.59 Å². The van der Waals surface area contributed by atoms with Gasteiger partial charge in [0.25, 0.3) is 0 Å². The Morgan fingerprint density at radius 3 is 2.56 bits per heavy atom. The molecule has 1 saturated carbocycles. The van der Waals surface area contributed by atoms with Gasteiger partial charge in [0.15, 0.2) is 0 Å². The SMILES string of the molecule is CC1(C)C(C(=O)O)C1C(=O)Nc1cncc(F)c1. The summed E-state index contributed by atoms with van der Waals surface area (Å²) in [6.45, 7) is 3.44. The van der Waals surface area contributed by atoms with E-state index >= 15 is 0 Å². The monoisotopic (exact) mass is 252 g/mol. The summed E-state index contributed by atoms with van der Waals surface area (Å²) in [4.78, 5) is 26.4. The molecular formula is C12H13FN2O3. The minimum Gasteiger partial charge on any atom is -0.481 e. The van der Waals surface area contributed by atoms with Gasteiger partial charge in [-0.3, -0.25) is 14.6 Å². The van der Waals surface area contributed by atoms with Crippen molar-refractivity contribution >= 4 is 17.6 Å². The lowest BCUT2D eigenvalue weighted by atomic mass is 10.1. The first-order valence-corrected chi connectivity index (χ1v) is 5.48. The molecule has 1 fully saturated rings. The van der Waals surface area contributed by atoms with Gasteiger partial charge in [0, 0.05) is 6.07 Å². The molecule has 0 bridgehead atoms. The van der Waals surface area contributed by atoms with Crippen LogP contribution >= 0.6 is 0 Å².